The van der Waals surface area contributed by atoms with Crippen LogP contribution < -0.4 is 5.32 Å². The topological polar surface area (TPSA) is 99.2 Å². The maximum atomic E-state index is 12.6. The molecule has 148 valence electrons. The Hall–Kier alpha value is -3.15. The minimum Gasteiger partial charge on any atom is -0.419 e. The Bertz CT molecular complexity index is 1130. The average molecular weight is 408 g/mol. The van der Waals surface area contributed by atoms with Gasteiger partial charge < -0.3 is 9.73 Å². The largest absolute Gasteiger partial charge is 0.419 e. The summed E-state index contributed by atoms with van der Waals surface area (Å²) in [5, 5.41) is 12.4. The van der Waals surface area contributed by atoms with Crippen molar-refractivity contribution in [2.75, 3.05) is 18.4 Å². The third-order valence-electron chi connectivity index (χ3n) is 4.83. The molecule has 29 heavy (non-hydrogen) atoms. The van der Waals surface area contributed by atoms with Crippen LogP contribution in [-0.2, 0) is 16.6 Å². The Kier molecular flexibility index (Phi) is 5.34. The van der Waals surface area contributed by atoms with Crippen LogP contribution in [-0.4, -0.2) is 30.8 Å². The molecule has 0 saturated carbocycles. The molecule has 1 aromatic heterocycles. The second-order valence-corrected chi connectivity index (χ2v) is 8.72. The van der Waals surface area contributed by atoms with Crippen LogP contribution in [0.1, 0.15) is 24.1 Å². The summed E-state index contributed by atoms with van der Waals surface area (Å²) in [4.78, 5) is 4.48. The normalized spacial score (nSPS) is 14.6. The number of hydrogen-bond donors (Lipinski definition) is 1. The van der Waals surface area contributed by atoms with Gasteiger partial charge in [0, 0.05) is 25.2 Å². The predicted octanol–water partition coefficient (Wildman–Crippen LogP) is 3.61. The number of nitriles is 1. The summed E-state index contributed by atoms with van der Waals surface area (Å²) in [6.07, 6.45) is 1.78. The van der Waals surface area contributed by atoms with Gasteiger partial charge in [-0.3, -0.25) is 0 Å². The highest BCUT2D eigenvalue weighted by Crippen LogP contribution is 2.28. The second kappa shape index (κ2) is 8.07. The highest BCUT2D eigenvalue weighted by molar-refractivity contribution is 7.89. The van der Waals surface area contributed by atoms with Crippen LogP contribution in [0.15, 0.2) is 63.9 Å². The van der Waals surface area contributed by atoms with E-state index in [2.05, 4.69) is 10.3 Å². The average Bonchev–Trinajstić information content (AvgIpc) is 3.43. The number of hydrogen-bond acceptors (Lipinski definition) is 6. The van der Waals surface area contributed by atoms with Gasteiger partial charge in [0.25, 0.3) is 0 Å². The zero-order chi connectivity index (χ0) is 20.3. The first-order valence-corrected chi connectivity index (χ1v) is 10.8. The van der Waals surface area contributed by atoms with Crippen molar-refractivity contribution < 1.29 is 12.8 Å². The van der Waals surface area contributed by atoms with Crippen molar-refractivity contribution in [2.45, 2.75) is 24.3 Å². The van der Waals surface area contributed by atoms with E-state index in [9.17, 15) is 13.7 Å². The van der Waals surface area contributed by atoms with Gasteiger partial charge in [-0.25, -0.2) is 8.42 Å². The third-order valence-corrected chi connectivity index (χ3v) is 6.75. The molecule has 2 heterocycles. The molecule has 1 fully saturated rings. The van der Waals surface area contributed by atoms with Gasteiger partial charge in [0.1, 0.15) is 6.07 Å². The molecule has 0 aliphatic carbocycles. The number of aromatic nitrogens is 1. The lowest BCUT2D eigenvalue weighted by Gasteiger charge is -2.15. The fourth-order valence-electron chi connectivity index (χ4n) is 3.26. The molecule has 0 amide bonds. The van der Waals surface area contributed by atoms with E-state index in [-0.39, 0.29) is 16.5 Å². The maximum absolute atomic E-state index is 12.6. The Morgan fingerprint density at radius 1 is 1.07 bits per heavy atom. The molecule has 7 nitrogen and oxygen atoms in total. The van der Waals surface area contributed by atoms with E-state index in [0.29, 0.717) is 31.1 Å². The Morgan fingerprint density at radius 2 is 1.76 bits per heavy atom. The molecule has 3 aromatic rings. The minimum absolute atomic E-state index is 0.157. The van der Waals surface area contributed by atoms with E-state index in [1.807, 2.05) is 36.4 Å². The van der Waals surface area contributed by atoms with E-state index in [1.165, 1.54) is 4.31 Å². The fraction of sp³-hybridized carbons (Fsp3) is 0.238. The summed E-state index contributed by atoms with van der Waals surface area (Å²) in [5.41, 5.74) is 1.81. The highest BCUT2D eigenvalue weighted by atomic mass is 32.2. The van der Waals surface area contributed by atoms with Gasteiger partial charge in [0.05, 0.1) is 4.90 Å². The monoisotopic (exact) mass is 408 g/mol. The van der Waals surface area contributed by atoms with Gasteiger partial charge in [0.15, 0.2) is 0 Å². The zero-order valence-corrected chi connectivity index (χ0v) is 16.5. The fourth-order valence-corrected chi connectivity index (χ4v) is 4.78. The number of sulfonamides is 1. The Labute approximate surface area is 169 Å². The molecular weight excluding hydrogens is 388 g/mol. The van der Waals surface area contributed by atoms with Crippen LogP contribution in [0.4, 0.5) is 5.88 Å². The summed E-state index contributed by atoms with van der Waals surface area (Å²) in [6.45, 7) is 1.62. The van der Waals surface area contributed by atoms with Crippen molar-refractivity contribution in [2.24, 2.45) is 0 Å². The molecule has 0 atom stereocenters. The summed E-state index contributed by atoms with van der Waals surface area (Å²) in [5.74, 6) is 0.558. The lowest BCUT2D eigenvalue weighted by molar-refractivity contribution is 0.477. The standard InChI is InChI=1S/C21H20N4O3S/c22-14-19-21(23-15-16-6-2-1-3-7-16)28-20(24-19)17-8-10-18(11-9-17)29(26,27)25-12-4-5-13-25/h1-3,6-11,23H,4-5,12-13,15H2. The van der Waals surface area contributed by atoms with Crippen LogP contribution >= 0.6 is 0 Å². The van der Waals surface area contributed by atoms with Crippen LogP contribution in [0, 0.1) is 11.3 Å². The van der Waals surface area contributed by atoms with Gasteiger partial charge >= 0.3 is 0 Å². The molecule has 1 aliphatic heterocycles. The van der Waals surface area contributed by atoms with Gasteiger partial charge in [-0.2, -0.15) is 14.6 Å². The third kappa shape index (κ3) is 4.01. The second-order valence-electron chi connectivity index (χ2n) is 6.78. The zero-order valence-electron chi connectivity index (χ0n) is 15.7. The molecule has 0 radical (unpaired) electrons. The van der Waals surface area contributed by atoms with Crippen LogP contribution in [0.25, 0.3) is 11.5 Å². The van der Waals surface area contributed by atoms with Crippen molar-refractivity contribution in [3.63, 3.8) is 0 Å². The summed E-state index contributed by atoms with van der Waals surface area (Å²) < 4.78 is 32.5. The van der Waals surface area contributed by atoms with E-state index in [0.717, 1.165) is 18.4 Å². The smallest absolute Gasteiger partial charge is 0.243 e. The van der Waals surface area contributed by atoms with E-state index < -0.39 is 10.0 Å². The number of benzene rings is 2. The molecular formula is C21H20N4O3S. The Balaban J connectivity index is 1.54. The van der Waals surface area contributed by atoms with Gasteiger partial charge in [0.2, 0.25) is 27.5 Å². The molecule has 0 spiro atoms. The number of rotatable bonds is 6. The number of oxazole rings is 1. The van der Waals surface area contributed by atoms with Gasteiger partial charge in [-0.1, -0.05) is 30.3 Å². The maximum Gasteiger partial charge on any atom is 0.243 e. The van der Waals surface area contributed by atoms with Crippen molar-refractivity contribution >= 4 is 15.9 Å². The quantitative estimate of drug-likeness (QED) is 0.669. The first-order valence-electron chi connectivity index (χ1n) is 9.37. The summed E-state index contributed by atoms with van der Waals surface area (Å²) in [7, 11) is -3.47. The molecule has 1 N–H and O–H groups in total. The molecule has 1 saturated heterocycles. The molecule has 4 rings (SSSR count). The van der Waals surface area contributed by atoms with Crippen molar-refractivity contribution in [1.82, 2.24) is 9.29 Å². The summed E-state index contributed by atoms with van der Waals surface area (Å²) >= 11 is 0. The van der Waals surface area contributed by atoms with E-state index >= 15 is 0 Å². The molecule has 8 heteroatoms. The van der Waals surface area contributed by atoms with Crippen molar-refractivity contribution in [3.8, 4) is 17.5 Å². The first-order chi connectivity index (χ1) is 14.1. The predicted molar refractivity (Wildman–Crippen MR) is 108 cm³/mol. The van der Waals surface area contributed by atoms with Crippen LogP contribution in [0.2, 0.25) is 0 Å². The van der Waals surface area contributed by atoms with Gasteiger partial charge in [-0.05, 0) is 42.7 Å². The highest BCUT2D eigenvalue weighted by Gasteiger charge is 2.27. The van der Waals surface area contributed by atoms with Crippen LogP contribution in [0.5, 0.6) is 0 Å². The number of nitrogens with one attached hydrogen (secondary N) is 1. The SMILES string of the molecule is N#Cc1nc(-c2ccc(S(=O)(=O)N3CCCC3)cc2)oc1NCc1ccccc1. The van der Waals surface area contributed by atoms with Crippen LogP contribution in [0.3, 0.4) is 0 Å². The number of anilines is 1. The lowest BCUT2D eigenvalue weighted by atomic mass is 10.2. The van der Waals surface area contributed by atoms with Gasteiger partial charge in [-0.15, -0.1) is 0 Å². The molecule has 0 unspecified atom stereocenters. The molecule has 0 bridgehead atoms. The minimum atomic E-state index is -3.47. The van der Waals surface area contributed by atoms with Crippen molar-refractivity contribution in [3.05, 3.63) is 65.9 Å². The van der Waals surface area contributed by atoms with Crippen molar-refractivity contribution in [1.29, 1.82) is 5.26 Å². The number of nitrogens with zero attached hydrogens (tertiary/aromatic N) is 3. The lowest BCUT2D eigenvalue weighted by Crippen LogP contribution is -2.27. The molecule has 1 aliphatic rings. The first kappa shape index (κ1) is 19.2. The Morgan fingerprint density at radius 3 is 2.41 bits per heavy atom. The summed E-state index contributed by atoms with van der Waals surface area (Å²) in [6, 6.07) is 18.2. The van der Waals surface area contributed by atoms with E-state index in [4.69, 9.17) is 4.42 Å². The van der Waals surface area contributed by atoms with E-state index in [1.54, 1.807) is 24.3 Å². The molecule has 2 aromatic carbocycles.